The molecule has 0 aromatic heterocycles. The van der Waals surface area contributed by atoms with Crippen molar-refractivity contribution in [2.24, 2.45) is 5.10 Å². The summed E-state index contributed by atoms with van der Waals surface area (Å²) in [5.74, 6) is -0.187. The van der Waals surface area contributed by atoms with Crippen molar-refractivity contribution < 1.29 is 9.90 Å². The SMILES string of the molecule is O=C1C(=Cc2cccc(Br)c2)SC(=S)N1N=Cc1ccccc1O. The van der Waals surface area contributed by atoms with E-state index in [9.17, 15) is 9.90 Å². The third kappa shape index (κ3) is 3.75. The highest BCUT2D eigenvalue weighted by Crippen LogP contribution is 2.33. The number of aromatic hydroxyl groups is 1. The van der Waals surface area contributed by atoms with Gasteiger partial charge in [0.1, 0.15) is 5.75 Å². The fourth-order valence-corrected chi connectivity index (χ4v) is 3.61. The van der Waals surface area contributed by atoms with Gasteiger partial charge in [-0.15, -0.1) is 0 Å². The number of rotatable bonds is 3. The lowest BCUT2D eigenvalue weighted by atomic mass is 10.2. The zero-order valence-corrected chi connectivity index (χ0v) is 15.4. The van der Waals surface area contributed by atoms with Crippen molar-refractivity contribution >= 4 is 62.4 Å². The highest BCUT2D eigenvalue weighted by atomic mass is 79.9. The van der Waals surface area contributed by atoms with Crippen LogP contribution in [0.1, 0.15) is 11.1 Å². The highest BCUT2D eigenvalue weighted by Gasteiger charge is 2.32. The van der Waals surface area contributed by atoms with Crippen LogP contribution < -0.4 is 0 Å². The van der Waals surface area contributed by atoms with Gasteiger partial charge in [-0.25, -0.2) is 0 Å². The number of hydrogen-bond acceptors (Lipinski definition) is 5. The molecule has 3 rings (SSSR count). The zero-order valence-electron chi connectivity index (χ0n) is 12.2. The minimum atomic E-state index is -0.281. The van der Waals surface area contributed by atoms with Crippen molar-refractivity contribution in [1.82, 2.24) is 5.01 Å². The average molecular weight is 419 g/mol. The van der Waals surface area contributed by atoms with Crippen molar-refractivity contribution in [3.63, 3.8) is 0 Å². The number of carbonyl (C=O) groups excluding carboxylic acids is 1. The van der Waals surface area contributed by atoms with Gasteiger partial charge in [-0.05, 0) is 48.1 Å². The third-order valence-corrected chi connectivity index (χ3v) is 4.94. The van der Waals surface area contributed by atoms with Crippen LogP contribution in [-0.2, 0) is 4.79 Å². The average Bonchev–Trinajstić information content (AvgIpc) is 2.81. The highest BCUT2D eigenvalue weighted by molar-refractivity contribution is 9.10. The summed E-state index contributed by atoms with van der Waals surface area (Å²) in [5, 5.41) is 15.0. The molecule has 0 bridgehead atoms. The molecule has 120 valence electrons. The molecule has 1 aliphatic heterocycles. The molecule has 0 aliphatic carbocycles. The van der Waals surface area contributed by atoms with Crippen molar-refractivity contribution in [1.29, 1.82) is 0 Å². The molecule has 0 radical (unpaired) electrons. The number of halogens is 1. The smallest absolute Gasteiger partial charge is 0.286 e. The number of thioether (sulfide) groups is 1. The van der Waals surface area contributed by atoms with Crippen LogP contribution in [0.25, 0.3) is 6.08 Å². The van der Waals surface area contributed by atoms with Gasteiger partial charge < -0.3 is 5.11 Å². The minimum Gasteiger partial charge on any atom is -0.507 e. The Bertz CT molecular complexity index is 880. The monoisotopic (exact) mass is 418 g/mol. The third-order valence-electron chi connectivity index (χ3n) is 3.17. The van der Waals surface area contributed by atoms with Crippen molar-refractivity contribution in [2.75, 3.05) is 0 Å². The molecule has 0 spiro atoms. The van der Waals surface area contributed by atoms with Gasteiger partial charge in [0, 0.05) is 10.0 Å². The lowest BCUT2D eigenvalue weighted by Gasteiger charge is -2.06. The van der Waals surface area contributed by atoms with Crippen LogP contribution in [0, 0.1) is 0 Å². The predicted molar refractivity (Wildman–Crippen MR) is 105 cm³/mol. The van der Waals surface area contributed by atoms with Gasteiger partial charge in [-0.3, -0.25) is 4.79 Å². The Hall–Kier alpha value is -1.96. The number of benzene rings is 2. The number of thiocarbonyl (C=S) groups is 1. The number of phenols is 1. The zero-order chi connectivity index (χ0) is 17.1. The van der Waals surface area contributed by atoms with Crippen molar-refractivity contribution in [3.05, 3.63) is 69.0 Å². The van der Waals surface area contributed by atoms with Gasteiger partial charge >= 0.3 is 0 Å². The molecule has 1 fully saturated rings. The van der Waals surface area contributed by atoms with E-state index in [0.717, 1.165) is 15.0 Å². The minimum absolute atomic E-state index is 0.0939. The molecule has 0 saturated carbocycles. The summed E-state index contributed by atoms with van der Waals surface area (Å²) >= 11 is 9.83. The first-order chi connectivity index (χ1) is 11.5. The normalized spacial score (nSPS) is 16.5. The van der Waals surface area contributed by atoms with E-state index in [0.29, 0.717) is 14.8 Å². The fraction of sp³-hybridized carbons (Fsp3) is 0. The molecule has 1 saturated heterocycles. The molecule has 0 unspecified atom stereocenters. The Kier molecular flexibility index (Phi) is 5.13. The molecule has 1 amide bonds. The molecule has 1 N–H and O–H groups in total. The number of para-hydroxylation sites is 1. The van der Waals surface area contributed by atoms with Crippen LogP contribution in [0.4, 0.5) is 0 Å². The molecule has 1 aliphatic rings. The maximum absolute atomic E-state index is 12.5. The van der Waals surface area contributed by atoms with Gasteiger partial charge in [0.25, 0.3) is 5.91 Å². The Morgan fingerprint density at radius 2 is 2.00 bits per heavy atom. The lowest BCUT2D eigenvalue weighted by molar-refractivity contribution is -0.122. The van der Waals surface area contributed by atoms with E-state index in [1.807, 2.05) is 24.3 Å². The van der Waals surface area contributed by atoms with Gasteiger partial charge in [-0.1, -0.05) is 52.0 Å². The van der Waals surface area contributed by atoms with Crippen LogP contribution in [0.15, 0.2) is 63.0 Å². The summed E-state index contributed by atoms with van der Waals surface area (Å²) in [4.78, 5) is 13.0. The second-order valence-electron chi connectivity index (χ2n) is 4.85. The number of carbonyl (C=O) groups is 1. The summed E-state index contributed by atoms with van der Waals surface area (Å²) < 4.78 is 1.29. The van der Waals surface area contributed by atoms with E-state index < -0.39 is 0 Å². The van der Waals surface area contributed by atoms with Crippen LogP contribution in [0.2, 0.25) is 0 Å². The van der Waals surface area contributed by atoms with Crippen LogP contribution in [-0.4, -0.2) is 26.6 Å². The van der Waals surface area contributed by atoms with Gasteiger partial charge in [0.05, 0.1) is 11.1 Å². The van der Waals surface area contributed by atoms with Crippen molar-refractivity contribution in [2.45, 2.75) is 0 Å². The summed E-state index contributed by atoms with van der Waals surface area (Å²) in [7, 11) is 0. The number of nitrogens with zero attached hydrogens (tertiary/aromatic N) is 2. The number of hydrazone groups is 1. The quantitative estimate of drug-likeness (QED) is 0.456. The van der Waals surface area contributed by atoms with Gasteiger partial charge in [0.15, 0.2) is 4.32 Å². The summed E-state index contributed by atoms with van der Waals surface area (Å²) in [6.45, 7) is 0. The summed E-state index contributed by atoms with van der Waals surface area (Å²) in [6, 6.07) is 14.4. The van der Waals surface area contributed by atoms with E-state index >= 15 is 0 Å². The molecule has 4 nitrogen and oxygen atoms in total. The van der Waals surface area contributed by atoms with E-state index in [4.69, 9.17) is 12.2 Å². The molecule has 0 atom stereocenters. The number of phenolic OH excluding ortho intramolecular Hbond substituents is 1. The van der Waals surface area contributed by atoms with Crippen LogP contribution in [0.3, 0.4) is 0 Å². The number of hydrogen-bond donors (Lipinski definition) is 1. The first-order valence-corrected chi connectivity index (χ1v) is 8.92. The fourth-order valence-electron chi connectivity index (χ4n) is 2.02. The first-order valence-electron chi connectivity index (χ1n) is 6.90. The second-order valence-corrected chi connectivity index (χ2v) is 7.44. The first kappa shape index (κ1) is 16.9. The van der Waals surface area contributed by atoms with E-state index in [1.165, 1.54) is 18.0 Å². The summed E-state index contributed by atoms with van der Waals surface area (Å²) in [5.41, 5.74) is 1.41. The van der Waals surface area contributed by atoms with Gasteiger partial charge in [0.2, 0.25) is 0 Å². The Balaban J connectivity index is 1.83. The van der Waals surface area contributed by atoms with Crippen molar-refractivity contribution in [3.8, 4) is 5.75 Å². The van der Waals surface area contributed by atoms with E-state index in [-0.39, 0.29) is 11.7 Å². The molecular weight excluding hydrogens is 408 g/mol. The predicted octanol–water partition coefficient (Wildman–Crippen LogP) is 4.39. The molecule has 2 aromatic carbocycles. The Morgan fingerprint density at radius 3 is 2.75 bits per heavy atom. The van der Waals surface area contributed by atoms with Crippen LogP contribution in [0.5, 0.6) is 5.75 Å². The molecule has 1 heterocycles. The maximum Gasteiger partial charge on any atom is 0.286 e. The van der Waals surface area contributed by atoms with E-state index in [1.54, 1.807) is 30.3 Å². The molecule has 24 heavy (non-hydrogen) atoms. The second kappa shape index (κ2) is 7.29. The van der Waals surface area contributed by atoms with Crippen LogP contribution >= 0.6 is 39.9 Å². The Morgan fingerprint density at radius 1 is 1.21 bits per heavy atom. The molecule has 2 aromatic rings. The standard InChI is InChI=1S/C17H11BrN2O2S2/c18-13-6-3-4-11(8-13)9-15-16(22)20(17(23)24-15)19-10-12-5-1-2-7-14(12)21/h1-10,21H. The molecule has 7 heteroatoms. The van der Waals surface area contributed by atoms with Gasteiger partial charge in [-0.2, -0.15) is 10.1 Å². The lowest BCUT2D eigenvalue weighted by Crippen LogP contribution is -2.22. The largest absolute Gasteiger partial charge is 0.507 e. The number of amides is 1. The molecular formula is C17H11BrN2O2S2. The topological polar surface area (TPSA) is 52.9 Å². The maximum atomic E-state index is 12.5. The summed E-state index contributed by atoms with van der Waals surface area (Å²) in [6.07, 6.45) is 3.20. The van der Waals surface area contributed by atoms with E-state index in [2.05, 4.69) is 21.0 Å². The Labute approximate surface area is 157 Å².